The first-order chi connectivity index (χ1) is 26.0. The maximum atomic E-state index is 12.0. The Balaban J connectivity index is 3.63. The van der Waals surface area contributed by atoms with Gasteiger partial charge in [-0.3, -0.25) is 9.59 Å². The quantitative estimate of drug-likeness (QED) is 0.0283. The van der Waals surface area contributed by atoms with Crippen LogP contribution in [0.25, 0.3) is 0 Å². The van der Waals surface area contributed by atoms with Crippen LogP contribution in [-0.4, -0.2) is 47.6 Å². The zero-order valence-corrected chi connectivity index (χ0v) is 34.1. The van der Waals surface area contributed by atoms with Crippen molar-refractivity contribution in [2.75, 3.05) is 13.2 Å². The summed E-state index contributed by atoms with van der Waals surface area (Å²) in [5, 5.41) is 20.1. The zero-order valence-electron chi connectivity index (χ0n) is 34.1. The average Bonchev–Trinajstić information content (AvgIpc) is 3.16. The Kier molecular flexibility index (Phi) is 39.9. The highest BCUT2D eigenvalue weighted by molar-refractivity contribution is 5.69. The Bertz CT molecular complexity index is 991. The van der Waals surface area contributed by atoms with E-state index in [-0.39, 0.29) is 32.0 Å². The predicted molar refractivity (Wildman–Crippen MR) is 225 cm³/mol. The van der Waals surface area contributed by atoms with Crippen LogP contribution in [0.1, 0.15) is 187 Å². The minimum absolute atomic E-state index is 0.0308. The molecule has 0 aliphatic carbocycles. The first-order valence-corrected chi connectivity index (χ1v) is 21.6. The van der Waals surface area contributed by atoms with Crippen molar-refractivity contribution in [2.24, 2.45) is 0 Å². The van der Waals surface area contributed by atoms with Gasteiger partial charge in [0.15, 0.2) is 0 Å². The zero-order chi connectivity index (χ0) is 38.7. The SMILES string of the molecule is CC/C=C\C/C=C\C/C=C\C/C=C\C/C=C\C=C/C(O)CCC(=O)OC[C@H](O)COC(=O)CCCCCCCCCCCCCCCCCCCCC. The van der Waals surface area contributed by atoms with E-state index in [1.165, 1.54) is 103 Å². The molecule has 0 aliphatic heterocycles. The van der Waals surface area contributed by atoms with Crippen molar-refractivity contribution in [1.82, 2.24) is 0 Å². The van der Waals surface area contributed by atoms with E-state index in [0.29, 0.717) is 6.42 Å². The molecular weight excluding hydrogens is 661 g/mol. The van der Waals surface area contributed by atoms with Gasteiger partial charge in [0.2, 0.25) is 0 Å². The summed E-state index contributed by atoms with van der Waals surface area (Å²) in [4.78, 5) is 24.0. The summed E-state index contributed by atoms with van der Waals surface area (Å²) in [6.07, 6.45) is 53.0. The maximum absolute atomic E-state index is 12.0. The molecule has 0 saturated carbocycles. The minimum Gasteiger partial charge on any atom is -0.463 e. The molecule has 0 spiro atoms. The highest BCUT2D eigenvalue weighted by Crippen LogP contribution is 2.15. The molecule has 2 N–H and O–H groups in total. The molecule has 6 nitrogen and oxygen atoms in total. The number of ether oxygens (including phenoxy) is 2. The second kappa shape index (κ2) is 42.0. The Morgan fingerprint density at radius 1 is 0.472 bits per heavy atom. The largest absolute Gasteiger partial charge is 0.463 e. The molecular formula is C47H80O6. The minimum atomic E-state index is -1.06. The van der Waals surface area contributed by atoms with E-state index >= 15 is 0 Å². The summed E-state index contributed by atoms with van der Waals surface area (Å²) in [6, 6.07) is 0. The van der Waals surface area contributed by atoms with Crippen LogP contribution in [0.15, 0.2) is 72.9 Å². The lowest BCUT2D eigenvalue weighted by molar-refractivity contribution is -0.152. The average molecular weight is 741 g/mol. The van der Waals surface area contributed by atoms with Crippen molar-refractivity contribution in [3.05, 3.63) is 72.9 Å². The van der Waals surface area contributed by atoms with Crippen LogP contribution in [-0.2, 0) is 19.1 Å². The van der Waals surface area contributed by atoms with Gasteiger partial charge in [0.25, 0.3) is 0 Å². The lowest BCUT2D eigenvalue weighted by Gasteiger charge is -2.12. The third kappa shape index (κ3) is 41.9. The van der Waals surface area contributed by atoms with Gasteiger partial charge >= 0.3 is 11.9 Å². The molecule has 6 heteroatoms. The van der Waals surface area contributed by atoms with Gasteiger partial charge in [-0.25, -0.2) is 0 Å². The normalized spacial score (nSPS) is 13.5. The molecule has 2 atom stereocenters. The lowest BCUT2D eigenvalue weighted by Crippen LogP contribution is -2.25. The summed E-state index contributed by atoms with van der Waals surface area (Å²) in [5.41, 5.74) is 0. The van der Waals surface area contributed by atoms with E-state index in [1.54, 1.807) is 12.2 Å². The number of hydrogen-bond acceptors (Lipinski definition) is 6. The Morgan fingerprint density at radius 2 is 0.849 bits per heavy atom. The molecule has 0 aromatic heterocycles. The van der Waals surface area contributed by atoms with E-state index in [9.17, 15) is 19.8 Å². The van der Waals surface area contributed by atoms with Crippen LogP contribution in [0.3, 0.4) is 0 Å². The summed E-state index contributed by atoms with van der Waals surface area (Å²) in [7, 11) is 0. The highest BCUT2D eigenvalue weighted by Gasteiger charge is 2.13. The fraction of sp³-hybridized carbons (Fsp3) is 0.702. The number of allylic oxidation sites excluding steroid dienone is 11. The Labute approximate surface area is 326 Å². The molecule has 0 saturated heterocycles. The molecule has 304 valence electrons. The molecule has 0 aromatic carbocycles. The van der Waals surface area contributed by atoms with E-state index in [0.717, 1.165) is 51.4 Å². The number of carbonyl (C=O) groups is 2. The molecule has 1 unspecified atom stereocenters. The van der Waals surface area contributed by atoms with Crippen molar-refractivity contribution in [2.45, 2.75) is 199 Å². The standard InChI is InChI=1S/C47H80O6/c1-3-5-7-9-11-13-15-17-19-21-22-23-25-27-29-31-33-35-37-39-46(50)52-42-45(49)43-53-47(51)41-40-44(48)38-36-34-32-30-28-26-24-20-18-16-14-12-10-8-6-4-2/h6,8,12,14,18,20,26,28,32,34,36,38,44-45,48-49H,3-5,7,9-11,13,15-17,19,21-25,27,29-31,33,35,37,39-43H2,1-2H3/b8-6-,14-12-,20-18-,28-26-,34-32-,38-36-/t44?,45-/m1/s1. The predicted octanol–water partition coefficient (Wildman–Crippen LogP) is 12.7. The van der Waals surface area contributed by atoms with Gasteiger partial charge in [-0.1, -0.05) is 202 Å². The third-order valence-corrected chi connectivity index (χ3v) is 9.07. The van der Waals surface area contributed by atoms with E-state index < -0.39 is 18.2 Å². The second-order valence-electron chi connectivity index (χ2n) is 14.3. The van der Waals surface area contributed by atoms with Gasteiger partial charge in [0.05, 0.1) is 6.10 Å². The fourth-order valence-corrected chi connectivity index (χ4v) is 5.78. The topological polar surface area (TPSA) is 93.1 Å². The van der Waals surface area contributed by atoms with Crippen molar-refractivity contribution in [1.29, 1.82) is 0 Å². The fourth-order valence-electron chi connectivity index (χ4n) is 5.78. The highest BCUT2D eigenvalue weighted by atomic mass is 16.6. The van der Waals surface area contributed by atoms with Crippen molar-refractivity contribution >= 4 is 11.9 Å². The smallest absolute Gasteiger partial charge is 0.305 e. The number of hydrogen-bond donors (Lipinski definition) is 2. The summed E-state index contributed by atoms with van der Waals surface area (Å²) < 4.78 is 10.2. The van der Waals surface area contributed by atoms with Gasteiger partial charge in [0.1, 0.15) is 19.3 Å². The molecule has 0 fully saturated rings. The van der Waals surface area contributed by atoms with Crippen LogP contribution < -0.4 is 0 Å². The first kappa shape index (κ1) is 50.3. The number of unbranched alkanes of at least 4 members (excludes halogenated alkanes) is 18. The van der Waals surface area contributed by atoms with Gasteiger partial charge < -0.3 is 19.7 Å². The number of rotatable bonds is 38. The van der Waals surface area contributed by atoms with Crippen LogP contribution in [0.5, 0.6) is 0 Å². The number of esters is 2. The van der Waals surface area contributed by atoms with Crippen molar-refractivity contribution in [3.8, 4) is 0 Å². The molecule has 0 heterocycles. The van der Waals surface area contributed by atoms with Gasteiger partial charge in [-0.2, -0.15) is 0 Å². The third-order valence-electron chi connectivity index (χ3n) is 9.07. The van der Waals surface area contributed by atoms with Gasteiger partial charge in [0, 0.05) is 12.8 Å². The molecule has 0 radical (unpaired) electrons. The van der Waals surface area contributed by atoms with Gasteiger partial charge in [-0.05, 0) is 44.9 Å². The molecule has 0 amide bonds. The monoisotopic (exact) mass is 741 g/mol. The van der Waals surface area contributed by atoms with E-state index in [2.05, 4.69) is 62.5 Å². The van der Waals surface area contributed by atoms with Crippen LogP contribution >= 0.6 is 0 Å². The summed E-state index contributed by atoms with van der Waals surface area (Å²) >= 11 is 0. The van der Waals surface area contributed by atoms with Crippen LogP contribution in [0, 0.1) is 0 Å². The molecule has 0 rings (SSSR count). The summed E-state index contributed by atoms with van der Waals surface area (Å²) in [5.74, 6) is -0.837. The molecule has 0 aliphatic rings. The molecule has 53 heavy (non-hydrogen) atoms. The van der Waals surface area contributed by atoms with Crippen LogP contribution in [0.4, 0.5) is 0 Å². The molecule has 0 aromatic rings. The van der Waals surface area contributed by atoms with Gasteiger partial charge in [-0.15, -0.1) is 0 Å². The molecule has 0 bridgehead atoms. The number of aliphatic hydroxyl groups excluding tert-OH is 2. The Hall–Kier alpha value is -2.70. The Morgan fingerprint density at radius 3 is 1.28 bits per heavy atom. The van der Waals surface area contributed by atoms with E-state index in [4.69, 9.17) is 9.47 Å². The number of aliphatic hydroxyl groups is 2. The summed E-state index contributed by atoms with van der Waals surface area (Å²) in [6.45, 7) is 3.99. The van der Waals surface area contributed by atoms with E-state index in [1.807, 2.05) is 12.2 Å². The first-order valence-electron chi connectivity index (χ1n) is 21.6. The van der Waals surface area contributed by atoms with Crippen molar-refractivity contribution in [3.63, 3.8) is 0 Å². The number of carbonyl (C=O) groups excluding carboxylic acids is 2. The van der Waals surface area contributed by atoms with Crippen molar-refractivity contribution < 1.29 is 29.3 Å². The van der Waals surface area contributed by atoms with Crippen LogP contribution in [0.2, 0.25) is 0 Å². The second-order valence-corrected chi connectivity index (χ2v) is 14.3. The maximum Gasteiger partial charge on any atom is 0.305 e. The lowest BCUT2D eigenvalue weighted by atomic mass is 10.0.